The maximum atomic E-state index is 12.2. The standard InChI is InChI=1S/C18H19ClN2O3.ClH/c1-11(20)18(23)21-5-6-24-17-14(10-21)7-13(9-16(17)22)12-3-2-4-15(19)8-12;/h2-4,7-9,11,22H,5-6,10,20H2,1H3;1H/t11-;/m0./s1. The summed E-state index contributed by atoms with van der Waals surface area (Å²) in [7, 11) is 0. The summed E-state index contributed by atoms with van der Waals surface area (Å²) in [6.07, 6.45) is 0. The fraction of sp³-hybridized carbons (Fsp3) is 0.278. The van der Waals surface area contributed by atoms with Crippen molar-refractivity contribution in [2.24, 2.45) is 5.73 Å². The first-order chi connectivity index (χ1) is 11.5. The van der Waals surface area contributed by atoms with E-state index >= 15 is 0 Å². The monoisotopic (exact) mass is 382 g/mol. The minimum absolute atomic E-state index is 0. The summed E-state index contributed by atoms with van der Waals surface area (Å²) in [5.74, 6) is 0.331. The van der Waals surface area contributed by atoms with E-state index in [1.54, 1.807) is 24.0 Å². The number of fused-ring (bicyclic) bond motifs is 1. The molecule has 1 atom stereocenters. The normalized spacial score (nSPS) is 14.6. The SMILES string of the molecule is C[C@H](N)C(=O)N1CCOc2c(O)cc(-c3cccc(Cl)c3)cc2C1.Cl. The van der Waals surface area contributed by atoms with Crippen LogP contribution in [-0.2, 0) is 11.3 Å². The van der Waals surface area contributed by atoms with Gasteiger partial charge in [0.1, 0.15) is 6.61 Å². The molecule has 1 heterocycles. The minimum Gasteiger partial charge on any atom is -0.504 e. The third kappa shape index (κ3) is 4.18. The highest BCUT2D eigenvalue weighted by molar-refractivity contribution is 6.30. The van der Waals surface area contributed by atoms with Crippen molar-refractivity contribution in [3.8, 4) is 22.6 Å². The van der Waals surface area contributed by atoms with Crippen LogP contribution in [0.25, 0.3) is 11.1 Å². The Morgan fingerprint density at radius 1 is 1.32 bits per heavy atom. The summed E-state index contributed by atoms with van der Waals surface area (Å²) in [6, 6.07) is 10.4. The molecule has 2 aromatic carbocycles. The lowest BCUT2D eigenvalue weighted by Crippen LogP contribution is -2.42. The summed E-state index contributed by atoms with van der Waals surface area (Å²) in [6.45, 7) is 2.75. The van der Waals surface area contributed by atoms with Crippen LogP contribution in [0, 0.1) is 0 Å². The van der Waals surface area contributed by atoms with Gasteiger partial charge in [0.2, 0.25) is 5.91 Å². The molecule has 5 nitrogen and oxygen atoms in total. The Labute approximate surface area is 157 Å². The molecule has 0 saturated carbocycles. The number of aromatic hydroxyl groups is 1. The predicted octanol–water partition coefficient (Wildman–Crippen LogP) is 3.20. The predicted molar refractivity (Wildman–Crippen MR) is 100 cm³/mol. The van der Waals surface area contributed by atoms with Gasteiger partial charge < -0.3 is 20.5 Å². The lowest BCUT2D eigenvalue weighted by molar-refractivity contribution is -0.132. The average molecular weight is 383 g/mol. The number of hydrogen-bond acceptors (Lipinski definition) is 4. The molecule has 2 aromatic rings. The third-order valence-corrected chi connectivity index (χ3v) is 4.21. The zero-order valence-electron chi connectivity index (χ0n) is 13.7. The first-order valence-electron chi connectivity index (χ1n) is 7.74. The maximum absolute atomic E-state index is 12.2. The molecular formula is C18H20Cl2N2O3. The second-order valence-electron chi connectivity index (χ2n) is 5.89. The Morgan fingerprint density at radius 2 is 2.08 bits per heavy atom. The van der Waals surface area contributed by atoms with Crippen molar-refractivity contribution in [1.82, 2.24) is 4.90 Å². The molecule has 1 amide bonds. The number of carbonyl (C=O) groups is 1. The number of benzene rings is 2. The Bertz CT molecular complexity index is 781. The highest BCUT2D eigenvalue weighted by Crippen LogP contribution is 2.38. The van der Waals surface area contributed by atoms with Crippen molar-refractivity contribution < 1.29 is 14.6 Å². The molecular weight excluding hydrogens is 363 g/mol. The summed E-state index contributed by atoms with van der Waals surface area (Å²) in [5, 5.41) is 11.0. The van der Waals surface area contributed by atoms with Crippen LogP contribution in [0.3, 0.4) is 0 Å². The molecule has 1 aliphatic rings. The molecule has 7 heteroatoms. The number of nitrogens with zero attached hydrogens (tertiary/aromatic N) is 1. The number of ether oxygens (including phenoxy) is 1. The molecule has 134 valence electrons. The molecule has 0 aliphatic carbocycles. The number of nitrogens with two attached hydrogens (primary N) is 1. The highest BCUT2D eigenvalue weighted by atomic mass is 35.5. The van der Waals surface area contributed by atoms with Gasteiger partial charge in [-0.15, -0.1) is 12.4 Å². The van der Waals surface area contributed by atoms with Gasteiger partial charge in [0.05, 0.1) is 12.6 Å². The van der Waals surface area contributed by atoms with E-state index in [0.29, 0.717) is 30.5 Å². The Morgan fingerprint density at radius 3 is 2.76 bits per heavy atom. The van der Waals surface area contributed by atoms with E-state index in [1.165, 1.54) is 0 Å². The molecule has 3 rings (SSSR count). The number of hydrogen-bond donors (Lipinski definition) is 2. The number of amides is 1. The van der Waals surface area contributed by atoms with Gasteiger partial charge in [0.25, 0.3) is 0 Å². The number of carbonyl (C=O) groups excluding carboxylic acids is 1. The van der Waals surface area contributed by atoms with E-state index in [1.807, 2.05) is 24.3 Å². The largest absolute Gasteiger partial charge is 0.504 e. The van der Waals surface area contributed by atoms with Crippen LogP contribution < -0.4 is 10.5 Å². The van der Waals surface area contributed by atoms with Crippen molar-refractivity contribution >= 4 is 29.9 Å². The molecule has 0 saturated heterocycles. The highest BCUT2D eigenvalue weighted by Gasteiger charge is 2.24. The smallest absolute Gasteiger partial charge is 0.239 e. The van der Waals surface area contributed by atoms with E-state index in [-0.39, 0.29) is 24.1 Å². The third-order valence-electron chi connectivity index (χ3n) is 3.97. The molecule has 0 aromatic heterocycles. The molecule has 0 bridgehead atoms. The maximum Gasteiger partial charge on any atom is 0.239 e. The topological polar surface area (TPSA) is 75.8 Å². The Balaban J connectivity index is 0.00000225. The van der Waals surface area contributed by atoms with Gasteiger partial charge in [-0.3, -0.25) is 4.79 Å². The molecule has 0 unspecified atom stereocenters. The quantitative estimate of drug-likeness (QED) is 0.835. The zero-order chi connectivity index (χ0) is 17.3. The van der Waals surface area contributed by atoms with Gasteiger partial charge in [0, 0.05) is 17.1 Å². The average Bonchev–Trinajstić information content (AvgIpc) is 2.76. The van der Waals surface area contributed by atoms with Crippen molar-refractivity contribution in [3.05, 3.63) is 47.0 Å². The number of halogens is 2. The van der Waals surface area contributed by atoms with Crippen LogP contribution in [0.2, 0.25) is 5.02 Å². The zero-order valence-corrected chi connectivity index (χ0v) is 15.3. The van der Waals surface area contributed by atoms with Gasteiger partial charge in [-0.05, 0) is 42.3 Å². The summed E-state index contributed by atoms with van der Waals surface area (Å²) in [5.41, 5.74) is 8.15. The fourth-order valence-electron chi connectivity index (χ4n) is 2.81. The van der Waals surface area contributed by atoms with Gasteiger partial charge >= 0.3 is 0 Å². The van der Waals surface area contributed by atoms with Crippen molar-refractivity contribution in [3.63, 3.8) is 0 Å². The van der Waals surface area contributed by atoms with Crippen LogP contribution in [0.4, 0.5) is 0 Å². The number of phenols is 1. The van der Waals surface area contributed by atoms with Crippen LogP contribution in [0.5, 0.6) is 11.5 Å². The summed E-state index contributed by atoms with van der Waals surface area (Å²) in [4.78, 5) is 13.9. The lowest BCUT2D eigenvalue weighted by Gasteiger charge is -2.22. The van der Waals surface area contributed by atoms with E-state index in [4.69, 9.17) is 22.1 Å². The van der Waals surface area contributed by atoms with Crippen molar-refractivity contribution in [2.45, 2.75) is 19.5 Å². The first kappa shape index (κ1) is 19.4. The first-order valence-corrected chi connectivity index (χ1v) is 8.12. The van der Waals surface area contributed by atoms with Crippen LogP contribution in [0.15, 0.2) is 36.4 Å². The summed E-state index contributed by atoms with van der Waals surface area (Å²) >= 11 is 6.05. The molecule has 3 N–H and O–H groups in total. The number of rotatable bonds is 2. The fourth-order valence-corrected chi connectivity index (χ4v) is 3.00. The summed E-state index contributed by atoms with van der Waals surface area (Å²) < 4.78 is 5.64. The van der Waals surface area contributed by atoms with Crippen molar-refractivity contribution in [2.75, 3.05) is 13.2 Å². The van der Waals surface area contributed by atoms with Crippen LogP contribution in [-0.4, -0.2) is 35.1 Å². The lowest BCUT2D eigenvalue weighted by atomic mass is 10.0. The number of phenolic OH excluding ortho intramolecular Hbond substituents is 1. The van der Waals surface area contributed by atoms with E-state index in [2.05, 4.69) is 0 Å². The molecule has 0 spiro atoms. The minimum atomic E-state index is -0.573. The van der Waals surface area contributed by atoms with E-state index in [0.717, 1.165) is 16.7 Å². The Kier molecular flexibility index (Phi) is 6.16. The molecule has 0 fully saturated rings. The molecule has 25 heavy (non-hydrogen) atoms. The van der Waals surface area contributed by atoms with E-state index < -0.39 is 6.04 Å². The van der Waals surface area contributed by atoms with Crippen molar-refractivity contribution in [1.29, 1.82) is 0 Å². The van der Waals surface area contributed by atoms with Gasteiger partial charge in [0.15, 0.2) is 11.5 Å². The van der Waals surface area contributed by atoms with Gasteiger partial charge in [-0.1, -0.05) is 23.7 Å². The van der Waals surface area contributed by atoms with E-state index in [9.17, 15) is 9.90 Å². The molecule has 0 radical (unpaired) electrons. The van der Waals surface area contributed by atoms with Gasteiger partial charge in [-0.25, -0.2) is 0 Å². The second kappa shape index (κ2) is 7.95. The second-order valence-corrected chi connectivity index (χ2v) is 6.33. The molecule has 1 aliphatic heterocycles. The van der Waals surface area contributed by atoms with Gasteiger partial charge in [-0.2, -0.15) is 0 Å². The van der Waals surface area contributed by atoms with Crippen LogP contribution in [0.1, 0.15) is 12.5 Å². The Hall–Kier alpha value is -1.95. The van der Waals surface area contributed by atoms with Crippen LogP contribution >= 0.6 is 24.0 Å².